The summed E-state index contributed by atoms with van der Waals surface area (Å²) in [6, 6.07) is 18.2. The maximum atomic E-state index is 13.1. The van der Waals surface area contributed by atoms with Crippen molar-refractivity contribution in [3.05, 3.63) is 83.4 Å². The van der Waals surface area contributed by atoms with Crippen LogP contribution >= 0.6 is 0 Å². The summed E-state index contributed by atoms with van der Waals surface area (Å²) in [5.74, 6) is -0.549. The van der Waals surface area contributed by atoms with Crippen LogP contribution in [0.3, 0.4) is 0 Å². The molecule has 0 fully saturated rings. The number of carboxylic acids is 1. The van der Waals surface area contributed by atoms with E-state index in [4.69, 9.17) is 14.2 Å². The van der Waals surface area contributed by atoms with Gasteiger partial charge in [-0.15, -0.1) is 0 Å². The number of amides is 2. The Morgan fingerprint density at radius 1 is 1.00 bits per heavy atom. The molecule has 0 atom stereocenters. The number of para-hydroxylation sites is 2. The normalized spacial score (nSPS) is 13.7. The summed E-state index contributed by atoms with van der Waals surface area (Å²) < 4.78 is 16.7. The highest BCUT2D eigenvalue weighted by Gasteiger charge is 2.29. The summed E-state index contributed by atoms with van der Waals surface area (Å²) >= 11 is 0. The highest BCUT2D eigenvalue weighted by Crippen LogP contribution is 2.31. The molecule has 0 saturated carbocycles. The highest BCUT2D eigenvalue weighted by atomic mass is 16.5. The lowest BCUT2D eigenvalue weighted by atomic mass is 10.1. The Morgan fingerprint density at radius 2 is 1.79 bits per heavy atom. The zero-order chi connectivity index (χ0) is 27.9. The van der Waals surface area contributed by atoms with E-state index in [9.17, 15) is 19.5 Å². The summed E-state index contributed by atoms with van der Waals surface area (Å²) in [7, 11) is 1.52. The van der Waals surface area contributed by atoms with Crippen LogP contribution in [0.4, 0.5) is 11.4 Å². The zero-order valence-electron chi connectivity index (χ0n) is 21.6. The van der Waals surface area contributed by atoms with Crippen LogP contribution in [-0.4, -0.2) is 48.9 Å². The van der Waals surface area contributed by atoms with Gasteiger partial charge in [0.25, 0.3) is 11.8 Å². The maximum Gasteiger partial charge on any atom is 0.335 e. The second kappa shape index (κ2) is 12.0. The number of carbonyl (C=O) groups excluding carboxylic acids is 2. The monoisotopic (exact) mass is 529 g/mol. The molecule has 0 aromatic heterocycles. The lowest BCUT2D eigenvalue weighted by Crippen LogP contribution is -2.21. The number of anilines is 2. The first kappa shape index (κ1) is 26.9. The average Bonchev–Trinajstić information content (AvgIpc) is 3.21. The molecule has 0 unspecified atom stereocenters. The molecule has 1 aliphatic heterocycles. The number of hydrogen-bond donors (Lipinski definition) is 2. The number of carbonyl (C=O) groups is 3. The molecular weight excluding hydrogens is 502 g/mol. The molecule has 0 radical (unpaired) electrons. The van der Waals surface area contributed by atoms with Gasteiger partial charge in [-0.1, -0.05) is 24.3 Å². The van der Waals surface area contributed by atoms with Crippen LogP contribution < -0.4 is 24.5 Å². The fourth-order valence-corrected chi connectivity index (χ4v) is 3.88. The fraction of sp³-hybridized carbons (Fsp3) is 0.172. The van der Waals surface area contributed by atoms with Gasteiger partial charge in [0.1, 0.15) is 5.75 Å². The topological polar surface area (TPSA) is 127 Å². The van der Waals surface area contributed by atoms with Gasteiger partial charge in [0.15, 0.2) is 18.1 Å². The molecule has 1 aliphatic rings. The van der Waals surface area contributed by atoms with Crippen LogP contribution in [0.5, 0.6) is 17.2 Å². The first-order valence-electron chi connectivity index (χ1n) is 12.1. The smallest absolute Gasteiger partial charge is 0.335 e. The van der Waals surface area contributed by atoms with E-state index in [-0.39, 0.29) is 24.0 Å². The molecule has 200 valence electrons. The third-order valence-corrected chi connectivity index (χ3v) is 5.72. The first-order valence-corrected chi connectivity index (χ1v) is 12.1. The fourth-order valence-electron chi connectivity index (χ4n) is 3.88. The van der Waals surface area contributed by atoms with Crippen LogP contribution in [0.1, 0.15) is 29.8 Å². The summed E-state index contributed by atoms with van der Waals surface area (Å²) in [5.41, 5.74) is 2.42. The summed E-state index contributed by atoms with van der Waals surface area (Å²) in [6.07, 6.45) is 1.67. The van der Waals surface area contributed by atoms with E-state index in [2.05, 4.69) is 10.4 Å². The molecule has 1 heterocycles. The molecule has 3 aromatic rings. The molecule has 0 aliphatic carbocycles. The molecule has 2 amide bonds. The van der Waals surface area contributed by atoms with E-state index in [1.54, 1.807) is 67.6 Å². The van der Waals surface area contributed by atoms with Crippen molar-refractivity contribution in [3.8, 4) is 17.2 Å². The van der Waals surface area contributed by atoms with Crippen molar-refractivity contribution in [1.29, 1.82) is 0 Å². The molecule has 0 saturated heterocycles. The Balaban J connectivity index is 1.50. The standard InChI is InChI=1S/C29H27N3O7/c1-4-38-26-15-19(12-13-25(26)39-17-27(33)30-23-10-5-6-11-24(23)37-3)14-22-18(2)31-32(28(22)34)21-9-7-8-20(16-21)29(35)36/h5-16H,4,17H2,1-3H3,(H,30,33)(H,35,36)/b22-14+. The van der Waals surface area contributed by atoms with Crippen LogP contribution in [0.2, 0.25) is 0 Å². The Labute approximate surface area is 225 Å². The van der Waals surface area contributed by atoms with Crippen LogP contribution in [0.15, 0.2) is 77.4 Å². The molecule has 0 bridgehead atoms. The number of nitrogens with one attached hydrogen (secondary N) is 1. The van der Waals surface area contributed by atoms with E-state index in [1.165, 1.54) is 24.3 Å². The Kier molecular flexibility index (Phi) is 8.25. The number of methoxy groups -OCH3 is 1. The van der Waals surface area contributed by atoms with Gasteiger partial charge in [0.05, 0.1) is 41.9 Å². The van der Waals surface area contributed by atoms with Gasteiger partial charge in [-0.05, 0) is 68.0 Å². The van der Waals surface area contributed by atoms with Crippen LogP contribution in [0, 0.1) is 0 Å². The van der Waals surface area contributed by atoms with Crippen molar-refractivity contribution in [2.45, 2.75) is 13.8 Å². The summed E-state index contributed by atoms with van der Waals surface area (Å²) in [4.78, 5) is 36.9. The first-order chi connectivity index (χ1) is 18.8. The molecule has 10 nitrogen and oxygen atoms in total. The summed E-state index contributed by atoms with van der Waals surface area (Å²) in [6.45, 7) is 3.62. The molecule has 39 heavy (non-hydrogen) atoms. The van der Waals surface area contributed by atoms with Gasteiger partial charge in [-0.3, -0.25) is 9.59 Å². The number of nitrogens with zero attached hydrogens (tertiary/aromatic N) is 2. The van der Waals surface area contributed by atoms with Gasteiger partial charge >= 0.3 is 5.97 Å². The number of benzene rings is 3. The Morgan fingerprint density at radius 3 is 2.54 bits per heavy atom. The number of carboxylic acid groups (broad SMARTS) is 1. The lowest BCUT2D eigenvalue weighted by molar-refractivity contribution is -0.118. The number of ether oxygens (including phenoxy) is 3. The van der Waals surface area contributed by atoms with Crippen molar-refractivity contribution < 1.29 is 33.7 Å². The minimum atomic E-state index is -1.09. The molecule has 10 heteroatoms. The van der Waals surface area contributed by atoms with Gasteiger partial charge in [-0.2, -0.15) is 10.1 Å². The van der Waals surface area contributed by atoms with Gasteiger partial charge in [-0.25, -0.2) is 4.79 Å². The van der Waals surface area contributed by atoms with Crippen molar-refractivity contribution in [2.24, 2.45) is 5.10 Å². The zero-order valence-corrected chi connectivity index (χ0v) is 21.6. The number of rotatable bonds is 10. The quantitative estimate of drug-likeness (QED) is 0.367. The van der Waals surface area contributed by atoms with E-state index >= 15 is 0 Å². The van der Waals surface area contributed by atoms with Crippen molar-refractivity contribution in [3.63, 3.8) is 0 Å². The predicted octanol–water partition coefficient (Wildman–Crippen LogP) is 4.62. The molecule has 4 rings (SSSR count). The third kappa shape index (κ3) is 6.24. The maximum absolute atomic E-state index is 13.1. The largest absolute Gasteiger partial charge is 0.495 e. The average molecular weight is 530 g/mol. The van der Waals surface area contributed by atoms with Gasteiger partial charge in [0.2, 0.25) is 0 Å². The van der Waals surface area contributed by atoms with E-state index in [0.29, 0.717) is 52.1 Å². The van der Waals surface area contributed by atoms with E-state index in [1.807, 2.05) is 6.92 Å². The number of hydrogen-bond acceptors (Lipinski definition) is 7. The van der Waals surface area contributed by atoms with Crippen LogP contribution in [-0.2, 0) is 9.59 Å². The summed E-state index contributed by atoms with van der Waals surface area (Å²) in [5, 5.41) is 17.5. The second-order valence-electron chi connectivity index (χ2n) is 8.39. The molecule has 2 N–H and O–H groups in total. The third-order valence-electron chi connectivity index (χ3n) is 5.72. The molecule has 3 aromatic carbocycles. The predicted molar refractivity (Wildman–Crippen MR) is 147 cm³/mol. The van der Waals surface area contributed by atoms with Crippen molar-refractivity contribution in [2.75, 3.05) is 30.6 Å². The van der Waals surface area contributed by atoms with Gasteiger partial charge < -0.3 is 24.6 Å². The number of hydrazone groups is 1. The Bertz CT molecular complexity index is 1480. The Hall–Kier alpha value is -5.12. The highest BCUT2D eigenvalue weighted by molar-refractivity contribution is 6.32. The van der Waals surface area contributed by atoms with E-state index < -0.39 is 5.97 Å². The molecule has 0 spiro atoms. The number of aromatic carboxylic acids is 1. The van der Waals surface area contributed by atoms with Crippen molar-refractivity contribution in [1.82, 2.24) is 0 Å². The second-order valence-corrected chi connectivity index (χ2v) is 8.39. The lowest BCUT2D eigenvalue weighted by Gasteiger charge is -2.14. The SMILES string of the molecule is CCOc1cc(/C=C2/C(=O)N(c3cccc(C(=O)O)c3)N=C2C)ccc1OCC(=O)Nc1ccccc1OC. The minimum absolute atomic E-state index is 0.0547. The molecular formula is C29H27N3O7. The van der Waals surface area contributed by atoms with E-state index in [0.717, 1.165) is 0 Å². The van der Waals surface area contributed by atoms with Crippen molar-refractivity contribution >= 4 is 40.9 Å². The van der Waals surface area contributed by atoms with Gasteiger partial charge in [0, 0.05) is 0 Å². The van der Waals surface area contributed by atoms with Crippen LogP contribution in [0.25, 0.3) is 6.08 Å². The minimum Gasteiger partial charge on any atom is -0.495 e.